The molecule has 300 valence electrons. The lowest BCUT2D eigenvalue weighted by molar-refractivity contribution is -0.690. The quantitative estimate of drug-likeness (QED) is 0.183. The molecule has 0 amide bonds. The van der Waals surface area contributed by atoms with Gasteiger partial charge in [0.2, 0.25) is 5.69 Å². The first-order chi connectivity index (χ1) is 26.9. The molecule has 10 rings (SSSR count). The fourth-order valence-electron chi connectivity index (χ4n) is 8.92. The lowest BCUT2D eigenvalue weighted by Gasteiger charge is -2.34. The summed E-state index contributed by atoms with van der Waals surface area (Å²) in [6.07, 6.45) is 11.5. The average Bonchev–Trinajstić information content (AvgIpc) is 4.00. The third kappa shape index (κ3) is 8.63. The number of aryl methyl sites for hydroxylation is 5. The Morgan fingerprint density at radius 2 is 1.05 bits per heavy atom. The molecular formula is C46H56Cl2N8O. The Labute approximate surface area is 350 Å². The molecule has 0 radical (unpaired) electrons. The van der Waals surface area contributed by atoms with Crippen molar-refractivity contribution in [2.24, 2.45) is 14.1 Å². The molecule has 0 aliphatic carbocycles. The van der Waals surface area contributed by atoms with Gasteiger partial charge in [-0.15, -0.1) is 0 Å². The maximum absolute atomic E-state index is 11.5. The number of anilines is 2. The maximum Gasteiger partial charge on any atom is 0.208 e. The number of benzene rings is 2. The van der Waals surface area contributed by atoms with Gasteiger partial charge in [-0.25, -0.2) is 4.57 Å². The van der Waals surface area contributed by atoms with Gasteiger partial charge in [-0.1, -0.05) is 42.5 Å². The molecule has 9 nitrogen and oxygen atoms in total. The number of carbonyl (C=O) groups excluding carboxylic acids is 1. The average molecular weight is 808 g/mol. The van der Waals surface area contributed by atoms with Crippen molar-refractivity contribution in [3.8, 4) is 0 Å². The van der Waals surface area contributed by atoms with E-state index in [4.69, 9.17) is 0 Å². The van der Waals surface area contributed by atoms with Gasteiger partial charge in [0.05, 0.1) is 11.1 Å². The van der Waals surface area contributed by atoms with E-state index in [1.807, 2.05) is 25.2 Å². The lowest BCUT2D eigenvalue weighted by Crippen LogP contribution is -3.00. The minimum atomic E-state index is 0. The molecular weight excluding hydrogens is 751 g/mol. The molecule has 0 spiro atoms. The topological polar surface area (TPSA) is 47.7 Å². The molecule has 4 aliphatic heterocycles. The van der Waals surface area contributed by atoms with Crippen molar-refractivity contribution in [3.63, 3.8) is 0 Å². The zero-order valence-electron chi connectivity index (χ0n) is 33.8. The second-order valence-electron chi connectivity index (χ2n) is 15.5. The molecule has 4 aliphatic rings. The number of aromatic nitrogens is 4. The third-order valence-electron chi connectivity index (χ3n) is 12.0. The Bertz CT molecular complexity index is 2310. The second-order valence-corrected chi connectivity index (χ2v) is 15.5. The first kappa shape index (κ1) is 41.9. The van der Waals surface area contributed by atoms with Crippen molar-refractivity contribution >= 4 is 51.4 Å². The summed E-state index contributed by atoms with van der Waals surface area (Å²) in [7, 11) is 8.62. The normalized spacial score (nSPS) is 17.2. The Morgan fingerprint density at radius 3 is 1.63 bits per heavy atom. The number of allylic oxidation sites excluding steroid dienone is 1. The van der Waals surface area contributed by atoms with Crippen molar-refractivity contribution in [1.82, 2.24) is 18.9 Å². The molecule has 0 atom stereocenters. The summed E-state index contributed by atoms with van der Waals surface area (Å²) < 4.78 is 9.22. The van der Waals surface area contributed by atoms with Gasteiger partial charge in [0.25, 0.3) is 0 Å². The Kier molecular flexibility index (Phi) is 13.8. The van der Waals surface area contributed by atoms with Crippen LogP contribution in [0.5, 0.6) is 0 Å². The highest BCUT2D eigenvalue weighted by molar-refractivity contribution is 6.04. The number of fused-ring (bicyclic) bond motifs is 4. The largest absolute Gasteiger partial charge is 1.00 e. The van der Waals surface area contributed by atoms with Crippen molar-refractivity contribution in [3.05, 3.63) is 120 Å². The molecule has 4 aromatic heterocycles. The Morgan fingerprint density at radius 1 is 0.544 bits per heavy atom. The van der Waals surface area contributed by atoms with Gasteiger partial charge in [0.15, 0.2) is 30.9 Å². The van der Waals surface area contributed by atoms with Gasteiger partial charge >= 0.3 is 0 Å². The number of halogens is 2. The molecule has 0 bridgehead atoms. The first-order valence-corrected chi connectivity index (χ1v) is 20.0. The number of hydrogen-bond donors (Lipinski definition) is 0. The molecule has 2 fully saturated rings. The van der Waals surface area contributed by atoms with Crippen LogP contribution < -0.4 is 43.7 Å². The summed E-state index contributed by atoms with van der Waals surface area (Å²) in [6.45, 7) is 10.7. The summed E-state index contributed by atoms with van der Waals surface area (Å²) in [5.74, 6) is 2.43. The molecule has 6 aromatic rings. The zero-order valence-corrected chi connectivity index (χ0v) is 35.3. The number of rotatable bonds is 4. The van der Waals surface area contributed by atoms with Gasteiger partial charge in [-0.3, -0.25) is 4.79 Å². The smallest absolute Gasteiger partial charge is 0.208 e. The number of aldehydes is 1. The maximum atomic E-state index is 11.5. The van der Waals surface area contributed by atoms with Crippen LogP contribution in [-0.4, -0.2) is 91.7 Å². The van der Waals surface area contributed by atoms with Crippen LogP contribution in [0.3, 0.4) is 0 Å². The van der Waals surface area contributed by atoms with Gasteiger partial charge in [0, 0.05) is 137 Å². The van der Waals surface area contributed by atoms with Crippen LogP contribution in [-0.2, 0) is 33.6 Å². The van der Waals surface area contributed by atoms with Crippen molar-refractivity contribution in [2.75, 3.05) is 76.3 Å². The highest BCUT2D eigenvalue weighted by atomic mass is 35.5. The van der Waals surface area contributed by atoms with E-state index < -0.39 is 0 Å². The Balaban J connectivity index is 0.000000159. The van der Waals surface area contributed by atoms with Crippen LogP contribution in [0.25, 0.3) is 33.5 Å². The molecule has 0 saturated carbocycles. The molecule has 0 N–H and O–H groups in total. The molecule has 0 unspecified atom stereocenters. The summed E-state index contributed by atoms with van der Waals surface area (Å²) in [4.78, 5) is 21.1. The molecule has 2 aromatic carbocycles. The fraction of sp³-hybridized carbons (Fsp3) is 0.370. The van der Waals surface area contributed by atoms with Gasteiger partial charge in [0.1, 0.15) is 18.2 Å². The second kappa shape index (κ2) is 18.7. The highest BCUT2D eigenvalue weighted by Crippen LogP contribution is 2.37. The number of hydrogen-bond acceptors (Lipinski definition) is 5. The summed E-state index contributed by atoms with van der Waals surface area (Å²) in [5.41, 5.74) is 8.93. The van der Waals surface area contributed by atoms with E-state index in [1.165, 1.54) is 58.6 Å². The SMILES string of the molecule is CN1CCN(c2c(/C=C3\CC[n+]4ccccc43)c3ccccc3n2C)CC1.CN1CCN(c2c(C=O)c3ccccc3n2C)CC1.[Cl-].[Cl-].c1cc[n+]2c(c1)CCC2. The van der Waals surface area contributed by atoms with Crippen LogP contribution in [0, 0.1) is 0 Å². The van der Waals surface area contributed by atoms with E-state index in [2.05, 4.69) is 144 Å². The van der Waals surface area contributed by atoms with E-state index in [0.29, 0.717) is 0 Å². The highest BCUT2D eigenvalue weighted by Gasteiger charge is 2.27. The monoisotopic (exact) mass is 806 g/mol. The number of likely N-dealkylation sites (N-methyl/N-ethyl adjacent to an activating group) is 2. The molecule has 2 saturated heterocycles. The van der Waals surface area contributed by atoms with Crippen LogP contribution in [0.1, 0.15) is 40.2 Å². The molecule has 57 heavy (non-hydrogen) atoms. The first-order valence-electron chi connectivity index (χ1n) is 20.0. The summed E-state index contributed by atoms with van der Waals surface area (Å²) >= 11 is 0. The Hall–Kier alpha value is -4.67. The van der Waals surface area contributed by atoms with Gasteiger partial charge < -0.3 is 53.5 Å². The van der Waals surface area contributed by atoms with E-state index in [1.54, 1.807) is 0 Å². The van der Waals surface area contributed by atoms with Crippen molar-refractivity contribution in [2.45, 2.75) is 32.4 Å². The molecule has 11 heteroatoms. The van der Waals surface area contributed by atoms with E-state index in [9.17, 15) is 4.79 Å². The summed E-state index contributed by atoms with van der Waals surface area (Å²) in [6, 6.07) is 29.9. The van der Waals surface area contributed by atoms with E-state index in [-0.39, 0.29) is 24.8 Å². The van der Waals surface area contributed by atoms with Gasteiger partial charge in [-0.05, 0) is 38.4 Å². The molecule has 8 heterocycles. The predicted octanol–water partition coefficient (Wildman–Crippen LogP) is -0.167. The minimum Gasteiger partial charge on any atom is -1.00 e. The van der Waals surface area contributed by atoms with Crippen LogP contribution in [0.4, 0.5) is 11.6 Å². The van der Waals surface area contributed by atoms with Crippen LogP contribution >= 0.6 is 0 Å². The standard InChI is InChI=1S/C23H27N4.C15H19N3O.C8H10N.2ClH/c1-24-13-15-27(16-14-24)23-20(19-7-3-4-9-22(19)25(23)2)17-18-10-12-26-11-6-5-8-21(18)26;1-16-7-9-18(10-8-16)15-13(11-19)12-5-3-4-6-14(12)17(15)2;1-2-6-9-7-3-5-8(9)4-1;;/h3-9,11,17H,10,12-16H2,1-2H3;3-6,11H,7-10H2,1-2H3;1-2,4,6H,3,5,7H2;2*1H/q+1;;+1;;/p-2. The van der Waals surface area contributed by atoms with Crippen LogP contribution in [0.2, 0.25) is 0 Å². The zero-order chi connectivity index (χ0) is 37.9. The number of pyridine rings is 2. The predicted molar refractivity (Wildman–Crippen MR) is 225 cm³/mol. The number of nitrogens with zero attached hydrogens (tertiary/aromatic N) is 8. The lowest BCUT2D eigenvalue weighted by atomic mass is 10.0. The van der Waals surface area contributed by atoms with E-state index in [0.717, 1.165) is 93.9 Å². The van der Waals surface area contributed by atoms with Crippen molar-refractivity contribution in [1.29, 1.82) is 0 Å². The van der Waals surface area contributed by atoms with Gasteiger partial charge in [-0.2, -0.15) is 4.57 Å². The number of para-hydroxylation sites is 2. The van der Waals surface area contributed by atoms with E-state index >= 15 is 0 Å². The number of piperazine rings is 2. The summed E-state index contributed by atoms with van der Waals surface area (Å²) in [5, 5.41) is 2.41. The fourth-order valence-corrected chi connectivity index (χ4v) is 8.92. The number of carbonyl (C=O) groups is 1. The van der Waals surface area contributed by atoms with Crippen molar-refractivity contribution < 1.29 is 38.7 Å². The van der Waals surface area contributed by atoms with Crippen LogP contribution in [0.15, 0.2) is 97.3 Å². The minimum absolute atomic E-state index is 0. The third-order valence-corrected chi connectivity index (χ3v) is 12.0.